The van der Waals surface area contributed by atoms with Crippen molar-refractivity contribution in [1.29, 1.82) is 0 Å². The topological polar surface area (TPSA) is 71.1 Å². The Kier molecular flexibility index (Phi) is 6.85. The Labute approximate surface area is 155 Å². The molecule has 1 aliphatic rings. The van der Waals surface area contributed by atoms with Gasteiger partial charge in [-0.05, 0) is 31.5 Å². The summed E-state index contributed by atoms with van der Waals surface area (Å²) in [6.07, 6.45) is 0.168. The van der Waals surface area contributed by atoms with Crippen molar-refractivity contribution < 1.29 is 19.1 Å². The Morgan fingerprint density at radius 3 is 2.42 bits per heavy atom. The molecule has 1 heterocycles. The van der Waals surface area contributed by atoms with E-state index in [0.717, 1.165) is 5.56 Å². The van der Waals surface area contributed by atoms with Crippen LogP contribution in [0.5, 0.6) is 11.5 Å². The standard InChI is InChI=1S/C19H29N3O4/c1-13(2)21(3)18(23)11-17-19(24)20-6-7-22(17)12-14-8-15(25-4)10-16(9-14)26-5/h8-10,13,17H,6-7,11-12H2,1-5H3,(H,20,24). The molecule has 1 aromatic rings. The minimum Gasteiger partial charge on any atom is -0.497 e. The summed E-state index contributed by atoms with van der Waals surface area (Å²) in [5, 5.41) is 2.87. The van der Waals surface area contributed by atoms with E-state index in [0.29, 0.717) is 31.1 Å². The van der Waals surface area contributed by atoms with E-state index < -0.39 is 6.04 Å². The van der Waals surface area contributed by atoms with E-state index in [1.807, 2.05) is 36.9 Å². The van der Waals surface area contributed by atoms with Crippen molar-refractivity contribution in [2.24, 2.45) is 0 Å². The van der Waals surface area contributed by atoms with E-state index in [4.69, 9.17) is 9.47 Å². The number of hydrogen-bond acceptors (Lipinski definition) is 5. The van der Waals surface area contributed by atoms with E-state index in [2.05, 4.69) is 5.32 Å². The molecule has 1 fully saturated rings. The highest BCUT2D eigenvalue weighted by Gasteiger charge is 2.32. The van der Waals surface area contributed by atoms with Crippen LogP contribution in [0, 0.1) is 0 Å². The van der Waals surface area contributed by atoms with Crippen LogP contribution in [-0.2, 0) is 16.1 Å². The fraction of sp³-hybridized carbons (Fsp3) is 0.579. The first-order valence-corrected chi connectivity index (χ1v) is 8.85. The van der Waals surface area contributed by atoms with Crippen LogP contribution in [-0.4, -0.2) is 68.1 Å². The van der Waals surface area contributed by atoms with Crippen molar-refractivity contribution in [1.82, 2.24) is 15.1 Å². The van der Waals surface area contributed by atoms with Gasteiger partial charge in [0.2, 0.25) is 11.8 Å². The Morgan fingerprint density at radius 2 is 1.88 bits per heavy atom. The second-order valence-electron chi connectivity index (χ2n) is 6.80. The fourth-order valence-electron chi connectivity index (χ4n) is 2.96. The van der Waals surface area contributed by atoms with Crippen molar-refractivity contribution >= 4 is 11.8 Å². The van der Waals surface area contributed by atoms with Gasteiger partial charge in [-0.25, -0.2) is 0 Å². The monoisotopic (exact) mass is 363 g/mol. The number of carbonyl (C=O) groups excluding carboxylic acids is 2. The molecule has 1 saturated heterocycles. The lowest BCUT2D eigenvalue weighted by atomic mass is 10.1. The summed E-state index contributed by atoms with van der Waals surface area (Å²) in [6.45, 7) is 5.72. The van der Waals surface area contributed by atoms with Crippen molar-refractivity contribution in [3.05, 3.63) is 23.8 Å². The Morgan fingerprint density at radius 1 is 1.27 bits per heavy atom. The van der Waals surface area contributed by atoms with E-state index in [1.165, 1.54) is 0 Å². The molecule has 7 nitrogen and oxygen atoms in total. The van der Waals surface area contributed by atoms with Crippen LogP contribution in [0.25, 0.3) is 0 Å². The lowest BCUT2D eigenvalue weighted by Crippen LogP contribution is -2.56. The maximum absolute atomic E-state index is 12.5. The second-order valence-corrected chi connectivity index (χ2v) is 6.80. The molecule has 2 amide bonds. The van der Waals surface area contributed by atoms with Crippen molar-refractivity contribution in [3.63, 3.8) is 0 Å². The van der Waals surface area contributed by atoms with Gasteiger partial charge in [-0.15, -0.1) is 0 Å². The molecule has 0 radical (unpaired) electrons. The number of amides is 2. The maximum atomic E-state index is 12.5. The average molecular weight is 363 g/mol. The summed E-state index contributed by atoms with van der Waals surface area (Å²) >= 11 is 0. The van der Waals surface area contributed by atoms with Gasteiger partial charge < -0.3 is 19.7 Å². The smallest absolute Gasteiger partial charge is 0.237 e. The lowest BCUT2D eigenvalue weighted by Gasteiger charge is -2.36. The van der Waals surface area contributed by atoms with Gasteiger partial charge in [-0.1, -0.05) is 0 Å². The van der Waals surface area contributed by atoms with Crippen LogP contribution < -0.4 is 14.8 Å². The van der Waals surface area contributed by atoms with E-state index in [-0.39, 0.29) is 24.3 Å². The molecule has 0 aromatic heterocycles. The number of nitrogens with one attached hydrogen (secondary N) is 1. The highest BCUT2D eigenvalue weighted by atomic mass is 16.5. The van der Waals surface area contributed by atoms with Gasteiger partial charge in [0.25, 0.3) is 0 Å². The molecule has 26 heavy (non-hydrogen) atoms. The van der Waals surface area contributed by atoms with Crippen LogP contribution in [0.15, 0.2) is 18.2 Å². The van der Waals surface area contributed by atoms with Gasteiger partial charge in [0, 0.05) is 38.8 Å². The zero-order valence-corrected chi connectivity index (χ0v) is 16.2. The van der Waals surface area contributed by atoms with E-state index >= 15 is 0 Å². The summed E-state index contributed by atoms with van der Waals surface area (Å²) in [5.74, 6) is 1.27. The van der Waals surface area contributed by atoms with Gasteiger partial charge >= 0.3 is 0 Å². The van der Waals surface area contributed by atoms with Gasteiger partial charge in [0.15, 0.2) is 0 Å². The van der Waals surface area contributed by atoms with Gasteiger partial charge in [0.1, 0.15) is 11.5 Å². The zero-order chi connectivity index (χ0) is 19.3. The summed E-state index contributed by atoms with van der Waals surface area (Å²) in [7, 11) is 4.98. The normalized spacial score (nSPS) is 17.8. The maximum Gasteiger partial charge on any atom is 0.237 e. The van der Waals surface area contributed by atoms with Gasteiger partial charge in [0.05, 0.1) is 26.7 Å². The quantitative estimate of drug-likeness (QED) is 0.790. The first kappa shape index (κ1) is 20.0. The van der Waals surface area contributed by atoms with Gasteiger partial charge in [-0.3, -0.25) is 14.5 Å². The zero-order valence-electron chi connectivity index (χ0n) is 16.2. The minimum atomic E-state index is -0.477. The minimum absolute atomic E-state index is 0.0322. The van der Waals surface area contributed by atoms with Crippen LogP contribution in [0.3, 0.4) is 0 Å². The molecule has 1 aromatic carbocycles. The summed E-state index contributed by atoms with van der Waals surface area (Å²) in [4.78, 5) is 28.6. The molecule has 0 saturated carbocycles. The first-order chi connectivity index (χ1) is 12.3. The number of benzene rings is 1. The Bertz CT molecular complexity index is 625. The highest BCUT2D eigenvalue weighted by Crippen LogP contribution is 2.24. The molecule has 0 aliphatic carbocycles. The lowest BCUT2D eigenvalue weighted by molar-refractivity contribution is -0.139. The van der Waals surface area contributed by atoms with Crippen molar-refractivity contribution in [2.75, 3.05) is 34.4 Å². The molecule has 0 spiro atoms. The number of ether oxygens (including phenoxy) is 2. The number of piperazine rings is 1. The Hall–Kier alpha value is -2.28. The van der Waals surface area contributed by atoms with Crippen LogP contribution >= 0.6 is 0 Å². The molecule has 1 N–H and O–H groups in total. The molecular weight excluding hydrogens is 334 g/mol. The van der Waals surface area contributed by atoms with Crippen molar-refractivity contribution in [3.8, 4) is 11.5 Å². The molecule has 1 aliphatic heterocycles. The summed E-state index contributed by atoms with van der Waals surface area (Å²) in [6, 6.07) is 5.28. The SMILES string of the molecule is COc1cc(CN2CCNC(=O)C2CC(=O)N(C)C(C)C)cc(OC)c1. The van der Waals surface area contributed by atoms with Crippen LogP contribution in [0.1, 0.15) is 25.8 Å². The highest BCUT2D eigenvalue weighted by molar-refractivity contribution is 5.88. The Balaban J connectivity index is 2.17. The molecule has 1 atom stereocenters. The van der Waals surface area contributed by atoms with Crippen LogP contribution in [0.2, 0.25) is 0 Å². The molecule has 144 valence electrons. The number of carbonyl (C=O) groups is 2. The number of hydrogen-bond donors (Lipinski definition) is 1. The summed E-state index contributed by atoms with van der Waals surface area (Å²) < 4.78 is 10.6. The van der Waals surface area contributed by atoms with Crippen molar-refractivity contribution in [2.45, 2.75) is 38.9 Å². The molecular formula is C19H29N3O4. The third-order valence-corrected chi connectivity index (χ3v) is 4.77. The average Bonchev–Trinajstić information content (AvgIpc) is 2.63. The predicted octanol–water partition coefficient (Wildman–Crippen LogP) is 1.26. The summed E-state index contributed by atoms with van der Waals surface area (Å²) in [5.41, 5.74) is 0.977. The number of rotatable bonds is 7. The van der Waals surface area contributed by atoms with E-state index in [1.54, 1.807) is 26.2 Å². The predicted molar refractivity (Wildman–Crippen MR) is 99.3 cm³/mol. The second kappa shape index (κ2) is 8.89. The van der Waals surface area contributed by atoms with E-state index in [9.17, 15) is 9.59 Å². The molecule has 1 unspecified atom stereocenters. The van der Waals surface area contributed by atoms with Crippen LogP contribution in [0.4, 0.5) is 0 Å². The fourth-order valence-corrected chi connectivity index (χ4v) is 2.96. The molecule has 7 heteroatoms. The number of nitrogens with zero attached hydrogens (tertiary/aromatic N) is 2. The molecule has 0 bridgehead atoms. The third kappa shape index (κ3) is 4.88. The first-order valence-electron chi connectivity index (χ1n) is 8.85. The molecule has 2 rings (SSSR count). The third-order valence-electron chi connectivity index (χ3n) is 4.77. The number of methoxy groups -OCH3 is 2. The largest absolute Gasteiger partial charge is 0.497 e. The van der Waals surface area contributed by atoms with Gasteiger partial charge in [-0.2, -0.15) is 0 Å².